The van der Waals surface area contributed by atoms with Crippen molar-refractivity contribution in [2.45, 2.75) is 53.4 Å². The number of hydrogen-bond acceptors (Lipinski definition) is 3. The average molecular weight is 355 g/mol. The summed E-state index contributed by atoms with van der Waals surface area (Å²) in [6, 6.07) is 10.5. The highest BCUT2D eigenvalue weighted by molar-refractivity contribution is 6.10. The van der Waals surface area contributed by atoms with Crippen LogP contribution in [0.5, 0.6) is 0 Å². The zero-order valence-corrected chi connectivity index (χ0v) is 16.9. The van der Waals surface area contributed by atoms with Crippen molar-refractivity contribution in [3.05, 3.63) is 35.9 Å². The minimum atomic E-state index is 0.784. The molecule has 0 fully saturated rings. The summed E-state index contributed by atoms with van der Waals surface area (Å²) >= 11 is 0. The number of aldehydes is 1. The standard InChI is InChI=1S/C23H34N2O/c1-5-14-24(15-6-2)21-11-9-10-20-19(18-26)12-13-22(23(20)21)25(16-7-3)17-8-4/h9-13,18H,5-8,14-17H2,1-4H3. The van der Waals surface area contributed by atoms with Crippen LogP contribution in [0.15, 0.2) is 30.3 Å². The van der Waals surface area contributed by atoms with Crippen LogP contribution >= 0.6 is 0 Å². The lowest BCUT2D eigenvalue weighted by Gasteiger charge is -2.30. The van der Waals surface area contributed by atoms with E-state index in [0.29, 0.717) is 0 Å². The lowest BCUT2D eigenvalue weighted by Crippen LogP contribution is -2.27. The second-order valence-electron chi connectivity index (χ2n) is 6.97. The fraction of sp³-hybridized carbons (Fsp3) is 0.522. The largest absolute Gasteiger partial charge is 0.371 e. The first-order chi connectivity index (χ1) is 12.7. The van der Waals surface area contributed by atoms with Gasteiger partial charge in [0.25, 0.3) is 0 Å². The molecule has 0 unspecified atom stereocenters. The van der Waals surface area contributed by atoms with Gasteiger partial charge in [-0.1, -0.05) is 39.8 Å². The molecule has 0 spiro atoms. The summed E-state index contributed by atoms with van der Waals surface area (Å²) in [6.07, 6.45) is 5.46. The molecule has 2 aromatic carbocycles. The lowest BCUT2D eigenvalue weighted by molar-refractivity contribution is 0.112. The molecule has 2 rings (SSSR count). The third-order valence-corrected chi connectivity index (χ3v) is 4.81. The number of fused-ring (bicyclic) bond motifs is 1. The molecule has 0 atom stereocenters. The third-order valence-electron chi connectivity index (χ3n) is 4.81. The van der Waals surface area contributed by atoms with Gasteiger partial charge in [0.05, 0.1) is 0 Å². The molecule has 0 bridgehead atoms. The van der Waals surface area contributed by atoms with Gasteiger partial charge in [0.1, 0.15) is 0 Å². The Balaban J connectivity index is 2.73. The van der Waals surface area contributed by atoms with E-state index in [-0.39, 0.29) is 0 Å². The number of carbonyl (C=O) groups excluding carboxylic acids is 1. The Morgan fingerprint density at radius 1 is 0.731 bits per heavy atom. The maximum absolute atomic E-state index is 11.7. The second-order valence-corrected chi connectivity index (χ2v) is 6.97. The Kier molecular flexibility index (Phi) is 7.96. The van der Waals surface area contributed by atoms with Crippen molar-refractivity contribution in [1.82, 2.24) is 0 Å². The summed E-state index contributed by atoms with van der Waals surface area (Å²) in [7, 11) is 0. The van der Waals surface area contributed by atoms with Crippen molar-refractivity contribution >= 4 is 28.4 Å². The molecule has 3 heteroatoms. The molecule has 0 aliphatic rings. The summed E-state index contributed by atoms with van der Waals surface area (Å²) in [5.74, 6) is 0. The van der Waals surface area contributed by atoms with E-state index in [4.69, 9.17) is 0 Å². The second kappa shape index (κ2) is 10.2. The Bertz CT molecular complexity index is 676. The van der Waals surface area contributed by atoms with Crippen molar-refractivity contribution in [2.75, 3.05) is 36.0 Å². The fourth-order valence-corrected chi connectivity index (χ4v) is 3.81. The minimum absolute atomic E-state index is 0.784. The predicted molar refractivity (Wildman–Crippen MR) is 115 cm³/mol. The summed E-state index contributed by atoms with van der Waals surface area (Å²) in [4.78, 5) is 16.6. The smallest absolute Gasteiger partial charge is 0.150 e. The molecule has 0 saturated heterocycles. The first-order valence-corrected chi connectivity index (χ1v) is 10.2. The van der Waals surface area contributed by atoms with Crippen LogP contribution in [0.2, 0.25) is 0 Å². The topological polar surface area (TPSA) is 23.6 Å². The van der Waals surface area contributed by atoms with Crippen LogP contribution in [0.3, 0.4) is 0 Å². The van der Waals surface area contributed by atoms with Gasteiger partial charge < -0.3 is 9.80 Å². The minimum Gasteiger partial charge on any atom is -0.371 e. The molecule has 0 aliphatic carbocycles. The summed E-state index contributed by atoms with van der Waals surface area (Å²) in [5.41, 5.74) is 3.32. The maximum atomic E-state index is 11.7. The molecule has 26 heavy (non-hydrogen) atoms. The van der Waals surface area contributed by atoms with E-state index in [0.717, 1.165) is 69.1 Å². The van der Waals surface area contributed by atoms with Crippen LogP contribution < -0.4 is 9.80 Å². The first kappa shape index (κ1) is 20.3. The number of rotatable bonds is 11. The van der Waals surface area contributed by atoms with Gasteiger partial charge in [-0.15, -0.1) is 0 Å². The van der Waals surface area contributed by atoms with Crippen molar-refractivity contribution in [2.24, 2.45) is 0 Å². The van der Waals surface area contributed by atoms with Crippen molar-refractivity contribution in [3.8, 4) is 0 Å². The van der Waals surface area contributed by atoms with Crippen LogP contribution in [0, 0.1) is 0 Å². The van der Waals surface area contributed by atoms with E-state index >= 15 is 0 Å². The molecular weight excluding hydrogens is 320 g/mol. The Hall–Kier alpha value is -2.03. The Labute approximate surface area is 159 Å². The highest BCUT2D eigenvalue weighted by Gasteiger charge is 2.17. The number of hydrogen-bond donors (Lipinski definition) is 0. The summed E-state index contributed by atoms with van der Waals surface area (Å²) < 4.78 is 0. The van der Waals surface area contributed by atoms with Crippen molar-refractivity contribution < 1.29 is 4.79 Å². The fourth-order valence-electron chi connectivity index (χ4n) is 3.81. The Morgan fingerprint density at radius 3 is 1.69 bits per heavy atom. The van der Waals surface area contributed by atoms with Gasteiger partial charge in [-0.3, -0.25) is 4.79 Å². The highest BCUT2D eigenvalue weighted by Crippen LogP contribution is 2.37. The monoisotopic (exact) mass is 354 g/mol. The summed E-state index contributed by atoms with van der Waals surface area (Å²) in [6.45, 7) is 13.1. The molecule has 2 aromatic rings. The van der Waals surface area contributed by atoms with E-state index < -0.39 is 0 Å². The molecule has 0 radical (unpaired) electrons. The van der Waals surface area contributed by atoms with Crippen molar-refractivity contribution in [3.63, 3.8) is 0 Å². The van der Waals surface area contributed by atoms with Gasteiger partial charge in [0.15, 0.2) is 6.29 Å². The van der Waals surface area contributed by atoms with Gasteiger partial charge in [-0.2, -0.15) is 0 Å². The van der Waals surface area contributed by atoms with Crippen molar-refractivity contribution in [1.29, 1.82) is 0 Å². The van der Waals surface area contributed by atoms with Crippen LogP contribution in [-0.4, -0.2) is 32.5 Å². The molecule has 0 aromatic heterocycles. The lowest BCUT2D eigenvalue weighted by atomic mass is 9.99. The molecule has 142 valence electrons. The first-order valence-electron chi connectivity index (χ1n) is 10.2. The zero-order chi connectivity index (χ0) is 18.9. The van der Waals surface area contributed by atoms with Crippen LogP contribution in [-0.2, 0) is 0 Å². The summed E-state index contributed by atoms with van der Waals surface area (Å²) in [5, 5.41) is 2.31. The van der Waals surface area contributed by atoms with Crippen LogP contribution in [0.25, 0.3) is 10.8 Å². The number of nitrogens with zero attached hydrogens (tertiary/aromatic N) is 2. The molecule has 0 heterocycles. The molecule has 0 amide bonds. The van der Waals surface area contributed by atoms with Gasteiger partial charge in [0, 0.05) is 48.5 Å². The van der Waals surface area contributed by atoms with E-state index in [1.807, 2.05) is 6.07 Å². The predicted octanol–water partition coefficient (Wildman–Crippen LogP) is 5.91. The van der Waals surface area contributed by atoms with Crippen LogP contribution in [0.4, 0.5) is 11.4 Å². The molecule has 0 saturated carbocycles. The number of anilines is 2. The zero-order valence-electron chi connectivity index (χ0n) is 16.9. The Morgan fingerprint density at radius 2 is 1.23 bits per heavy atom. The molecule has 0 N–H and O–H groups in total. The van der Waals surface area contributed by atoms with E-state index in [1.54, 1.807) is 0 Å². The van der Waals surface area contributed by atoms with Gasteiger partial charge in [0.2, 0.25) is 0 Å². The van der Waals surface area contributed by atoms with Gasteiger partial charge >= 0.3 is 0 Å². The van der Waals surface area contributed by atoms with E-state index in [1.165, 1.54) is 16.8 Å². The molecule has 0 aliphatic heterocycles. The highest BCUT2D eigenvalue weighted by atomic mass is 16.1. The van der Waals surface area contributed by atoms with E-state index in [9.17, 15) is 4.79 Å². The van der Waals surface area contributed by atoms with Gasteiger partial charge in [-0.25, -0.2) is 0 Å². The maximum Gasteiger partial charge on any atom is 0.150 e. The quantitative estimate of drug-likeness (QED) is 0.469. The third kappa shape index (κ3) is 4.38. The average Bonchev–Trinajstić information content (AvgIpc) is 2.66. The SMILES string of the molecule is CCCN(CCC)c1cccc2c(C=O)ccc(N(CCC)CCC)c12. The van der Waals surface area contributed by atoms with E-state index in [2.05, 4.69) is 61.8 Å². The number of benzene rings is 2. The normalized spacial score (nSPS) is 10.9. The van der Waals surface area contributed by atoms with Gasteiger partial charge in [-0.05, 0) is 49.3 Å². The number of carbonyl (C=O) groups is 1. The molecular formula is C23H34N2O. The molecule has 3 nitrogen and oxygen atoms in total. The van der Waals surface area contributed by atoms with Crippen LogP contribution in [0.1, 0.15) is 63.7 Å².